The minimum absolute atomic E-state index is 0.0557. The Morgan fingerprint density at radius 1 is 1.00 bits per heavy atom. The van der Waals surface area contributed by atoms with Crippen LogP contribution in [0.5, 0.6) is 0 Å². The molecule has 1 N–H and O–H groups in total. The molecule has 0 radical (unpaired) electrons. The summed E-state index contributed by atoms with van der Waals surface area (Å²) in [4.78, 5) is 4.06. The molecule has 0 aliphatic rings. The molecule has 3 atom stereocenters. The monoisotopic (exact) mass is 343 g/mol. The second-order valence-corrected chi connectivity index (χ2v) is 8.55. The number of benzene rings is 1. The molecule has 2 aromatic rings. The van der Waals surface area contributed by atoms with Crippen molar-refractivity contribution in [3.63, 3.8) is 0 Å². The summed E-state index contributed by atoms with van der Waals surface area (Å²) in [5.74, 6) is 1.00. The highest BCUT2D eigenvalue weighted by molar-refractivity contribution is 5.26. The van der Waals surface area contributed by atoms with Crippen LogP contribution in [0.2, 0.25) is 0 Å². The predicted molar refractivity (Wildman–Crippen MR) is 103 cm³/mol. The molecule has 1 heterocycles. The van der Waals surface area contributed by atoms with E-state index in [1.165, 1.54) is 17.5 Å². The molecular formula is C21H33N3O. The molecule has 25 heavy (non-hydrogen) atoms. The van der Waals surface area contributed by atoms with Gasteiger partial charge in [0.05, 0.1) is 12.1 Å². The fourth-order valence-corrected chi connectivity index (χ4v) is 3.20. The first-order valence-electron chi connectivity index (χ1n) is 9.32. The van der Waals surface area contributed by atoms with Crippen LogP contribution in [0.25, 0.3) is 0 Å². The smallest absolute Gasteiger partial charge is 0.137 e. The van der Waals surface area contributed by atoms with Crippen molar-refractivity contribution in [1.82, 2.24) is 14.8 Å². The Labute approximate surface area is 152 Å². The molecule has 0 fully saturated rings. The van der Waals surface area contributed by atoms with Crippen LogP contribution in [0.3, 0.4) is 0 Å². The maximum Gasteiger partial charge on any atom is 0.137 e. The summed E-state index contributed by atoms with van der Waals surface area (Å²) in [5, 5.41) is 15.1. The molecule has 0 bridgehead atoms. The third kappa shape index (κ3) is 5.15. The zero-order chi connectivity index (χ0) is 18.6. The van der Waals surface area contributed by atoms with Gasteiger partial charge in [-0.05, 0) is 41.2 Å². The second kappa shape index (κ2) is 8.13. The topological polar surface area (TPSA) is 50.9 Å². The maximum absolute atomic E-state index is 10.8. The third-order valence-corrected chi connectivity index (χ3v) is 5.10. The Morgan fingerprint density at radius 3 is 2.08 bits per heavy atom. The van der Waals surface area contributed by atoms with Crippen LogP contribution in [0, 0.1) is 5.41 Å². The van der Waals surface area contributed by atoms with Crippen molar-refractivity contribution in [3.05, 3.63) is 48.0 Å². The lowest BCUT2D eigenvalue weighted by atomic mass is 9.82. The van der Waals surface area contributed by atoms with Crippen LogP contribution in [-0.2, 0) is 0 Å². The van der Waals surface area contributed by atoms with Crippen LogP contribution in [0.4, 0.5) is 0 Å². The van der Waals surface area contributed by atoms with Gasteiger partial charge in [-0.25, -0.2) is 9.67 Å². The first-order valence-corrected chi connectivity index (χ1v) is 9.32. The number of hydrogen-bond acceptors (Lipinski definition) is 3. The van der Waals surface area contributed by atoms with Gasteiger partial charge in [0.2, 0.25) is 0 Å². The molecule has 1 aromatic heterocycles. The van der Waals surface area contributed by atoms with E-state index >= 15 is 0 Å². The maximum atomic E-state index is 10.8. The van der Waals surface area contributed by atoms with Crippen LogP contribution >= 0.6 is 0 Å². The van der Waals surface area contributed by atoms with E-state index in [9.17, 15) is 5.11 Å². The van der Waals surface area contributed by atoms with Gasteiger partial charge in [-0.3, -0.25) is 0 Å². The highest BCUT2D eigenvalue weighted by Crippen LogP contribution is 2.33. The molecule has 0 saturated heterocycles. The zero-order valence-electron chi connectivity index (χ0n) is 16.5. The average molecular weight is 344 g/mol. The van der Waals surface area contributed by atoms with E-state index in [2.05, 4.69) is 75.9 Å². The summed E-state index contributed by atoms with van der Waals surface area (Å²) >= 11 is 0. The summed E-state index contributed by atoms with van der Waals surface area (Å²) in [6.07, 6.45) is 4.65. The van der Waals surface area contributed by atoms with Crippen molar-refractivity contribution in [2.45, 2.75) is 78.4 Å². The van der Waals surface area contributed by atoms with E-state index in [-0.39, 0.29) is 11.5 Å². The van der Waals surface area contributed by atoms with E-state index in [0.717, 1.165) is 12.8 Å². The van der Waals surface area contributed by atoms with E-state index in [1.807, 2.05) is 4.68 Å². The number of rotatable bonds is 7. The van der Waals surface area contributed by atoms with Crippen molar-refractivity contribution >= 4 is 0 Å². The van der Waals surface area contributed by atoms with Gasteiger partial charge in [-0.1, -0.05) is 65.8 Å². The normalized spacial score (nSPS) is 16.0. The van der Waals surface area contributed by atoms with Crippen molar-refractivity contribution < 1.29 is 5.11 Å². The standard InChI is InChI=1S/C21H33N3O/c1-15(2)17-8-10-18(11-9-17)16(3)7-12-19(20(25)21(4,5)6)24-14-22-13-23-24/h8-11,13-16,19-20,25H,7,12H2,1-6H3. The molecule has 3 unspecified atom stereocenters. The van der Waals surface area contributed by atoms with Crippen LogP contribution in [0.15, 0.2) is 36.9 Å². The minimum Gasteiger partial charge on any atom is -0.390 e. The van der Waals surface area contributed by atoms with Gasteiger partial charge in [-0.2, -0.15) is 5.10 Å². The zero-order valence-corrected chi connectivity index (χ0v) is 16.5. The Morgan fingerprint density at radius 2 is 1.60 bits per heavy atom. The van der Waals surface area contributed by atoms with Crippen molar-refractivity contribution in [2.75, 3.05) is 0 Å². The summed E-state index contributed by atoms with van der Waals surface area (Å²) < 4.78 is 1.81. The van der Waals surface area contributed by atoms with Crippen LogP contribution < -0.4 is 0 Å². The first kappa shape index (κ1) is 19.6. The molecule has 0 amide bonds. The number of aromatic nitrogens is 3. The van der Waals surface area contributed by atoms with Gasteiger partial charge >= 0.3 is 0 Å². The SMILES string of the molecule is CC(C)c1ccc(C(C)CCC(C(O)C(C)(C)C)n2cncn2)cc1. The highest BCUT2D eigenvalue weighted by atomic mass is 16.3. The number of nitrogens with zero attached hydrogens (tertiary/aromatic N) is 3. The second-order valence-electron chi connectivity index (χ2n) is 8.55. The Bertz CT molecular complexity index is 626. The van der Waals surface area contributed by atoms with Gasteiger partial charge in [0.1, 0.15) is 12.7 Å². The molecule has 0 aliphatic carbocycles. The predicted octanol–water partition coefficient (Wildman–Crippen LogP) is 4.93. The van der Waals surface area contributed by atoms with Crippen LogP contribution in [0.1, 0.15) is 83.4 Å². The molecule has 0 saturated carbocycles. The first-order chi connectivity index (χ1) is 11.7. The molecule has 0 spiro atoms. The average Bonchev–Trinajstić information content (AvgIpc) is 3.08. The summed E-state index contributed by atoms with van der Waals surface area (Å²) in [6, 6.07) is 8.89. The molecule has 138 valence electrons. The number of hydrogen-bond donors (Lipinski definition) is 1. The molecule has 4 nitrogen and oxygen atoms in total. The Hall–Kier alpha value is -1.68. The van der Waals surface area contributed by atoms with Crippen molar-refractivity contribution in [2.24, 2.45) is 5.41 Å². The summed E-state index contributed by atoms with van der Waals surface area (Å²) in [7, 11) is 0. The Kier molecular flexibility index (Phi) is 6.39. The van der Waals surface area contributed by atoms with Crippen molar-refractivity contribution in [3.8, 4) is 0 Å². The fraction of sp³-hybridized carbons (Fsp3) is 0.619. The van der Waals surface area contributed by atoms with Gasteiger partial charge in [0.15, 0.2) is 0 Å². The van der Waals surface area contributed by atoms with Gasteiger partial charge in [0.25, 0.3) is 0 Å². The van der Waals surface area contributed by atoms with Crippen LogP contribution in [-0.4, -0.2) is 26.0 Å². The van der Waals surface area contributed by atoms with Gasteiger partial charge in [-0.15, -0.1) is 0 Å². The summed E-state index contributed by atoms with van der Waals surface area (Å²) in [6.45, 7) is 12.9. The quantitative estimate of drug-likeness (QED) is 0.775. The minimum atomic E-state index is -0.468. The van der Waals surface area contributed by atoms with Gasteiger partial charge < -0.3 is 5.11 Å². The van der Waals surface area contributed by atoms with E-state index in [0.29, 0.717) is 11.8 Å². The highest BCUT2D eigenvalue weighted by Gasteiger charge is 2.32. The summed E-state index contributed by atoms with van der Waals surface area (Å²) in [5.41, 5.74) is 2.53. The molecule has 1 aromatic carbocycles. The van der Waals surface area contributed by atoms with E-state index in [4.69, 9.17) is 0 Å². The lowest BCUT2D eigenvalue weighted by molar-refractivity contribution is 0.00818. The molecule has 2 rings (SSSR count). The van der Waals surface area contributed by atoms with E-state index < -0.39 is 6.10 Å². The molecule has 4 heteroatoms. The fourth-order valence-electron chi connectivity index (χ4n) is 3.20. The van der Waals surface area contributed by atoms with Gasteiger partial charge in [0, 0.05) is 0 Å². The number of aliphatic hydroxyl groups is 1. The number of aliphatic hydroxyl groups excluding tert-OH is 1. The lowest BCUT2D eigenvalue weighted by Crippen LogP contribution is -2.36. The lowest BCUT2D eigenvalue weighted by Gasteiger charge is -2.33. The Balaban J connectivity index is 2.07. The van der Waals surface area contributed by atoms with Crippen molar-refractivity contribution in [1.29, 1.82) is 0 Å². The largest absolute Gasteiger partial charge is 0.390 e. The molecular weight excluding hydrogens is 310 g/mol. The van der Waals surface area contributed by atoms with E-state index in [1.54, 1.807) is 6.33 Å². The third-order valence-electron chi connectivity index (χ3n) is 5.10. The molecule has 0 aliphatic heterocycles.